The largest absolute Gasteiger partial charge is 0.469 e. The summed E-state index contributed by atoms with van der Waals surface area (Å²) in [5, 5.41) is 9.80. The molecule has 0 saturated heterocycles. The highest BCUT2D eigenvalue weighted by Crippen LogP contribution is 2.09. The Balaban J connectivity index is 3.47. The van der Waals surface area contributed by atoms with Crippen LogP contribution in [-0.2, 0) is 9.53 Å². The molecular formula is C19H32O3. The molecule has 0 heterocycles. The first-order chi connectivity index (χ1) is 10.7. The summed E-state index contributed by atoms with van der Waals surface area (Å²) in [7, 11) is 1.42. The fourth-order valence-electron chi connectivity index (χ4n) is 2.04. The first-order valence-electron chi connectivity index (χ1n) is 8.44. The van der Waals surface area contributed by atoms with Gasteiger partial charge in [0.2, 0.25) is 0 Å². The van der Waals surface area contributed by atoms with Crippen LogP contribution in [0.25, 0.3) is 0 Å². The smallest absolute Gasteiger partial charge is 0.305 e. The maximum absolute atomic E-state index is 10.9. The number of aliphatic hydroxyl groups is 1. The molecule has 0 aromatic carbocycles. The first-order valence-corrected chi connectivity index (χ1v) is 8.44. The fraction of sp³-hybridized carbons (Fsp3) is 0.632. The summed E-state index contributed by atoms with van der Waals surface area (Å²) in [6, 6.07) is 0. The van der Waals surface area contributed by atoms with Gasteiger partial charge in [-0.05, 0) is 25.7 Å². The van der Waals surface area contributed by atoms with Crippen molar-refractivity contribution in [1.29, 1.82) is 0 Å². The van der Waals surface area contributed by atoms with E-state index >= 15 is 0 Å². The molecule has 126 valence electrons. The third-order valence-corrected chi connectivity index (χ3v) is 3.36. The lowest BCUT2D eigenvalue weighted by molar-refractivity contribution is -0.140. The third kappa shape index (κ3) is 15.0. The molecule has 1 atom stereocenters. The van der Waals surface area contributed by atoms with Crippen molar-refractivity contribution >= 4 is 5.97 Å². The maximum Gasteiger partial charge on any atom is 0.305 e. The molecule has 0 fully saturated rings. The molecule has 0 saturated carbocycles. The van der Waals surface area contributed by atoms with Crippen molar-refractivity contribution in [3.63, 3.8) is 0 Å². The Bertz CT molecular complexity index is 343. The minimum atomic E-state index is -0.356. The van der Waals surface area contributed by atoms with E-state index in [1.54, 1.807) is 0 Å². The molecule has 0 aliphatic carbocycles. The van der Waals surface area contributed by atoms with Crippen LogP contribution in [0.2, 0.25) is 0 Å². The van der Waals surface area contributed by atoms with Gasteiger partial charge in [-0.3, -0.25) is 4.79 Å². The number of carbonyl (C=O) groups excluding carboxylic acids is 1. The number of rotatable bonds is 13. The summed E-state index contributed by atoms with van der Waals surface area (Å²) in [6.07, 6.45) is 20.3. The zero-order valence-electron chi connectivity index (χ0n) is 14.2. The molecule has 1 unspecified atom stereocenters. The van der Waals surface area contributed by atoms with Crippen molar-refractivity contribution in [3.05, 3.63) is 36.5 Å². The van der Waals surface area contributed by atoms with Gasteiger partial charge in [0.1, 0.15) is 0 Å². The summed E-state index contributed by atoms with van der Waals surface area (Å²) in [5.74, 6) is -0.126. The standard InChI is InChI=1S/C19H32O3/c1-3-4-5-6-7-9-12-15-18(20)16-13-10-8-11-14-17-19(21)22-2/h4-5,7,9,12,15,18,20H,3,6,8,10-11,13-14,16-17H2,1-2H3/b5-4-,9-7+,15-12+. The van der Waals surface area contributed by atoms with Crippen LogP contribution in [-0.4, -0.2) is 24.3 Å². The Hall–Kier alpha value is -1.35. The van der Waals surface area contributed by atoms with Gasteiger partial charge in [-0.1, -0.05) is 69.1 Å². The molecule has 3 heteroatoms. The first kappa shape index (κ1) is 20.6. The van der Waals surface area contributed by atoms with Gasteiger partial charge in [0.25, 0.3) is 0 Å². The van der Waals surface area contributed by atoms with Crippen molar-refractivity contribution < 1.29 is 14.6 Å². The van der Waals surface area contributed by atoms with Crippen LogP contribution in [0.5, 0.6) is 0 Å². The van der Waals surface area contributed by atoms with E-state index in [1.165, 1.54) is 7.11 Å². The summed E-state index contributed by atoms with van der Waals surface area (Å²) < 4.78 is 4.59. The Labute approximate surface area is 135 Å². The molecule has 22 heavy (non-hydrogen) atoms. The number of allylic oxidation sites excluding steroid dienone is 5. The van der Waals surface area contributed by atoms with E-state index in [4.69, 9.17) is 0 Å². The topological polar surface area (TPSA) is 46.5 Å². The summed E-state index contributed by atoms with van der Waals surface area (Å²) >= 11 is 0. The van der Waals surface area contributed by atoms with Crippen LogP contribution < -0.4 is 0 Å². The average Bonchev–Trinajstić information content (AvgIpc) is 2.52. The van der Waals surface area contributed by atoms with Crippen LogP contribution in [0.1, 0.15) is 64.7 Å². The SMILES string of the molecule is CC/C=C\C/C=C/C=C/C(O)CCCCCCCC(=O)OC. The van der Waals surface area contributed by atoms with Crippen molar-refractivity contribution in [2.24, 2.45) is 0 Å². The highest BCUT2D eigenvalue weighted by molar-refractivity contribution is 5.68. The molecular weight excluding hydrogens is 276 g/mol. The Morgan fingerprint density at radius 1 is 1.05 bits per heavy atom. The molecule has 0 aliphatic heterocycles. The van der Waals surface area contributed by atoms with Crippen LogP contribution in [0.15, 0.2) is 36.5 Å². The number of ether oxygens (including phenoxy) is 1. The second-order valence-electron chi connectivity index (χ2n) is 5.38. The molecule has 0 amide bonds. The Morgan fingerprint density at radius 3 is 2.50 bits per heavy atom. The highest BCUT2D eigenvalue weighted by Gasteiger charge is 2.00. The molecule has 0 radical (unpaired) electrons. The predicted octanol–water partition coefficient (Wildman–Crippen LogP) is 4.72. The van der Waals surface area contributed by atoms with Crippen LogP contribution in [0.4, 0.5) is 0 Å². The number of unbranched alkanes of at least 4 members (excludes halogenated alkanes) is 4. The number of methoxy groups -OCH3 is 1. The number of hydrogen-bond donors (Lipinski definition) is 1. The van der Waals surface area contributed by atoms with Gasteiger partial charge in [0.05, 0.1) is 13.2 Å². The van der Waals surface area contributed by atoms with E-state index in [9.17, 15) is 9.90 Å². The van der Waals surface area contributed by atoms with E-state index < -0.39 is 0 Å². The van der Waals surface area contributed by atoms with Crippen molar-refractivity contribution in [1.82, 2.24) is 0 Å². The van der Waals surface area contributed by atoms with Crippen molar-refractivity contribution in [2.45, 2.75) is 70.8 Å². The van der Waals surface area contributed by atoms with Gasteiger partial charge in [-0.25, -0.2) is 0 Å². The minimum Gasteiger partial charge on any atom is -0.469 e. The van der Waals surface area contributed by atoms with Gasteiger partial charge in [-0.15, -0.1) is 0 Å². The molecule has 0 aromatic heterocycles. The monoisotopic (exact) mass is 308 g/mol. The summed E-state index contributed by atoms with van der Waals surface area (Å²) in [5.41, 5.74) is 0. The Morgan fingerprint density at radius 2 is 1.77 bits per heavy atom. The minimum absolute atomic E-state index is 0.126. The van der Waals surface area contributed by atoms with Crippen LogP contribution >= 0.6 is 0 Å². The lowest BCUT2D eigenvalue weighted by Gasteiger charge is -2.05. The third-order valence-electron chi connectivity index (χ3n) is 3.36. The van der Waals surface area contributed by atoms with Crippen molar-refractivity contribution in [2.75, 3.05) is 7.11 Å². The summed E-state index contributed by atoms with van der Waals surface area (Å²) in [6.45, 7) is 2.12. The van der Waals surface area contributed by atoms with E-state index in [0.29, 0.717) is 6.42 Å². The van der Waals surface area contributed by atoms with Crippen LogP contribution in [0, 0.1) is 0 Å². The van der Waals surface area contributed by atoms with E-state index in [-0.39, 0.29) is 12.1 Å². The maximum atomic E-state index is 10.9. The van der Waals surface area contributed by atoms with Gasteiger partial charge in [-0.2, -0.15) is 0 Å². The molecule has 0 bridgehead atoms. The van der Waals surface area contributed by atoms with Gasteiger partial charge in [0.15, 0.2) is 0 Å². The van der Waals surface area contributed by atoms with E-state index in [1.807, 2.05) is 18.2 Å². The predicted molar refractivity (Wildman–Crippen MR) is 92.7 cm³/mol. The van der Waals surface area contributed by atoms with Gasteiger partial charge < -0.3 is 9.84 Å². The molecule has 1 N–H and O–H groups in total. The van der Waals surface area contributed by atoms with Crippen molar-refractivity contribution in [3.8, 4) is 0 Å². The van der Waals surface area contributed by atoms with Gasteiger partial charge >= 0.3 is 5.97 Å². The molecule has 0 rings (SSSR count). The second-order valence-corrected chi connectivity index (χ2v) is 5.38. The average molecular weight is 308 g/mol. The quantitative estimate of drug-likeness (QED) is 0.232. The molecule has 0 aromatic rings. The van der Waals surface area contributed by atoms with Crippen LogP contribution in [0.3, 0.4) is 0 Å². The molecule has 0 aliphatic rings. The second kappa shape index (κ2) is 16.0. The lowest BCUT2D eigenvalue weighted by atomic mass is 10.1. The number of esters is 1. The normalized spacial score (nSPS) is 13.4. The zero-order valence-corrected chi connectivity index (χ0v) is 14.2. The number of aliphatic hydroxyl groups excluding tert-OH is 1. The highest BCUT2D eigenvalue weighted by atomic mass is 16.5. The van der Waals surface area contributed by atoms with Gasteiger partial charge in [0, 0.05) is 6.42 Å². The lowest BCUT2D eigenvalue weighted by Crippen LogP contribution is -2.01. The number of hydrogen-bond acceptors (Lipinski definition) is 3. The van der Waals surface area contributed by atoms with E-state index in [2.05, 4.69) is 29.9 Å². The van der Waals surface area contributed by atoms with E-state index in [0.717, 1.165) is 51.4 Å². The fourth-order valence-corrected chi connectivity index (χ4v) is 2.04. The molecule has 0 spiro atoms. The Kier molecular flexibility index (Phi) is 15.0. The molecule has 3 nitrogen and oxygen atoms in total. The number of carbonyl (C=O) groups is 1. The zero-order chi connectivity index (χ0) is 16.5. The summed E-state index contributed by atoms with van der Waals surface area (Å²) in [4.78, 5) is 10.9.